The van der Waals surface area contributed by atoms with Crippen LogP contribution in [0.5, 0.6) is 0 Å². The van der Waals surface area contributed by atoms with Crippen molar-refractivity contribution in [2.45, 2.75) is 32.9 Å². The van der Waals surface area contributed by atoms with Gasteiger partial charge in [-0.25, -0.2) is 0 Å². The number of rotatable bonds is 4. The van der Waals surface area contributed by atoms with Gasteiger partial charge in [-0.2, -0.15) is 0 Å². The standard InChI is InChI=1S/C17H15Cl2N5O2/c1-9-14(16(23-26-9)15-10(18)4-2-5-11(15)19)17(25)20-8-13-22-21-12-6-3-7-24(12)13/h2,4-5H,3,6-8H2,1H3,(H,20,25). The van der Waals surface area contributed by atoms with Gasteiger partial charge in [0.25, 0.3) is 5.91 Å². The van der Waals surface area contributed by atoms with Crippen molar-refractivity contribution < 1.29 is 9.32 Å². The van der Waals surface area contributed by atoms with Crippen molar-refractivity contribution in [3.8, 4) is 11.3 Å². The average molecular weight is 392 g/mol. The Morgan fingerprint density at radius 1 is 1.31 bits per heavy atom. The van der Waals surface area contributed by atoms with E-state index in [0.29, 0.717) is 32.6 Å². The van der Waals surface area contributed by atoms with Gasteiger partial charge in [0.2, 0.25) is 0 Å². The predicted molar refractivity (Wildman–Crippen MR) is 96.2 cm³/mol. The molecular weight excluding hydrogens is 377 g/mol. The van der Waals surface area contributed by atoms with Gasteiger partial charge in [0.05, 0.1) is 16.6 Å². The SMILES string of the molecule is Cc1onc(-c2c(Cl)cccc2Cl)c1C(=O)NCc1nnc2n1CCC2. The molecule has 1 N–H and O–H groups in total. The average Bonchev–Trinajstić information content (AvgIpc) is 3.29. The maximum absolute atomic E-state index is 12.8. The lowest BCUT2D eigenvalue weighted by Gasteiger charge is -2.08. The summed E-state index contributed by atoms with van der Waals surface area (Å²) in [5, 5.41) is 15.9. The number of aromatic nitrogens is 4. The van der Waals surface area contributed by atoms with Crippen LogP contribution in [0.25, 0.3) is 11.3 Å². The summed E-state index contributed by atoms with van der Waals surface area (Å²) in [5.74, 6) is 1.75. The predicted octanol–water partition coefficient (Wildman–Crippen LogP) is 3.42. The molecule has 0 saturated heterocycles. The molecule has 0 aliphatic carbocycles. The number of hydrogen-bond donors (Lipinski definition) is 1. The largest absolute Gasteiger partial charge is 0.360 e. The van der Waals surface area contributed by atoms with E-state index >= 15 is 0 Å². The van der Waals surface area contributed by atoms with Crippen LogP contribution < -0.4 is 5.32 Å². The maximum atomic E-state index is 12.8. The van der Waals surface area contributed by atoms with Crippen molar-refractivity contribution in [1.29, 1.82) is 0 Å². The number of amides is 1. The molecule has 3 heterocycles. The van der Waals surface area contributed by atoms with Gasteiger partial charge in [0.15, 0.2) is 5.82 Å². The van der Waals surface area contributed by atoms with Crippen molar-refractivity contribution in [2.24, 2.45) is 0 Å². The fraction of sp³-hybridized carbons (Fsp3) is 0.294. The second-order valence-electron chi connectivity index (χ2n) is 6.03. The zero-order chi connectivity index (χ0) is 18.3. The third-order valence-electron chi connectivity index (χ3n) is 4.38. The summed E-state index contributed by atoms with van der Waals surface area (Å²) in [4.78, 5) is 12.8. The Morgan fingerprint density at radius 3 is 2.85 bits per heavy atom. The highest BCUT2D eigenvalue weighted by atomic mass is 35.5. The number of aryl methyl sites for hydroxylation is 2. The summed E-state index contributed by atoms with van der Waals surface area (Å²) in [6.45, 7) is 2.82. The van der Waals surface area contributed by atoms with Crippen molar-refractivity contribution >= 4 is 29.1 Å². The van der Waals surface area contributed by atoms with E-state index in [-0.39, 0.29) is 12.5 Å². The molecule has 2 aromatic heterocycles. The van der Waals surface area contributed by atoms with E-state index in [2.05, 4.69) is 20.7 Å². The summed E-state index contributed by atoms with van der Waals surface area (Å²) in [6, 6.07) is 5.11. The van der Waals surface area contributed by atoms with Crippen LogP contribution >= 0.6 is 23.2 Å². The molecule has 0 spiro atoms. The first-order valence-corrected chi connectivity index (χ1v) is 8.91. The minimum atomic E-state index is -0.329. The zero-order valence-corrected chi connectivity index (χ0v) is 15.4. The molecular formula is C17H15Cl2N5O2. The number of hydrogen-bond acceptors (Lipinski definition) is 5. The Balaban J connectivity index is 1.61. The van der Waals surface area contributed by atoms with Crippen molar-refractivity contribution in [3.05, 3.63) is 51.2 Å². The minimum absolute atomic E-state index is 0.270. The van der Waals surface area contributed by atoms with Crippen LogP contribution in [0.4, 0.5) is 0 Å². The summed E-state index contributed by atoms with van der Waals surface area (Å²) < 4.78 is 7.27. The summed E-state index contributed by atoms with van der Waals surface area (Å²) in [7, 11) is 0. The van der Waals surface area contributed by atoms with E-state index in [9.17, 15) is 4.79 Å². The monoisotopic (exact) mass is 391 g/mol. The summed E-state index contributed by atoms with van der Waals surface area (Å²) in [5.41, 5.74) is 1.10. The van der Waals surface area contributed by atoms with E-state index in [4.69, 9.17) is 27.7 Å². The lowest BCUT2D eigenvalue weighted by molar-refractivity contribution is 0.0948. The highest BCUT2D eigenvalue weighted by Gasteiger charge is 2.25. The molecule has 0 unspecified atom stereocenters. The molecule has 26 heavy (non-hydrogen) atoms. The van der Waals surface area contributed by atoms with Crippen LogP contribution in [0.3, 0.4) is 0 Å². The quantitative estimate of drug-likeness (QED) is 0.735. The van der Waals surface area contributed by atoms with E-state index in [1.165, 1.54) is 0 Å². The second-order valence-corrected chi connectivity index (χ2v) is 6.84. The van der Waals surface area contributed by atoms with Crippen LogP contribution in [0.2, 0.25) is 10.0 Å². The normalized spacial score (nSPS) is 13.0. The van der Waals surface area contributed by atoms with Crippen molar-refractivity contribution in [1.82, 2.24) is 25.2 Å². The van der Waals surface area contributed by atoms with Crippen molar-refractivity contribution in [2.75, 3.05) is 0 Å². The van der Waals surface area contributed by atoms with Crippen LogP contribution in [-0.4, -0.2) is 25.8 Å². The highest BCUT2D eigenvalue weighted by molar-refractivity contribution is 6.39. The van der Waals surface area contributed by atoms with Gasteiger partial charge < -0.3 is 14.4 Å². The fourth-order valence-electron chi connectivity index (χ4n) is 3.12. The van der Waals surface area contributed by atoms with Crippen LogP contribution in [0.15, 0.2) is 22.7 Å². The Hall–Kier alpha value is -2.38. The highest BCUT2D eigenvalue weighted by Crippen LogP contribution is 2.36. The molecule has 3 aromatic rings. The van der Waals surface area contributed by atoms with Gasteiger partial charge in [-0.15, -0.1) is 10.2 Å². The molecule has 9 heteroatoms. The van der Waals surface area contributed by atoms with E-state index in [1.807, 2.05) is 4.57 Å². The van der Waals surface area contributed by atoms with Gasteiger partial charge in [0, 0.05) is 18.5 Å². The molecule has 0 bridgehead atoms. The minimum Gasteiger partial charge on any atom is -0.360 e. The van der Waals surface area contributed by atoms with Crippen LogP contribution in [0, 0.1) is 6.92 Å². The summed E-state index contributed by atoms with van der Waals surface area (Å²) in [6.07, 6.45) is 1.96. The van der Waals surface area contributed by atoms with Gasteiger partial charge in [-0.05, 0) is 25.5 Å². The number of benzene rings is 1. The van der Waals surface area contributed by atoms with Gasteiger partial charge in [0.1, 0.15) is 22.8 Å². The molecule has 1 amide bonds. The fourth-order valence-corrected chi connectivity index (χ4v) is 3.70. The lowest BCUT2D eigenvalue weighted by atomic mass is 10.1. The molecule has 7 nitrogen and oxygen atoms in total. The number of nitrogens with one attached hydrogen (secondary N) is 1. The molecule has 1 aliphatic heterocycles. The first kappa shape index (κ1) is 17.1. The number of halogens is 2. The maximum Gasteiger partial charge on any atom is 0.257 e. The molecule has 134 valence electrons. The van der Waals surface area contributed by atoms with Gasteiger partial charge in [-0.1, -0.05) is 34.4 Å². The molecule has 1 aromatic carbocycles. The zero-order valence-electron chi connectivity index (χ0n) is 13.9. The number of fused-ring (bicyclic) bond motifs is 1. The Labute approximate surface area is 159 Å². The molecule has 0 atom stereocenters. The molecule has 0 fully saturated rings. The molecule has 0 radical (unpaired) electrons. The van der Waals surface area contributed by atoms with Crippen molar-refractivity contribution in [3.63, 3.8) is 0 Å². The lowest BCUT2D eigenvalue weighted by Crippen LogP contribution is -2.25. The third kappa shape index (κ3) is 2.87. The summed E-state index contributed by atoms with van der Waals surface area (Å²) >= 11 is 12.5. The first-order chi connectivity index (χ1) is 12.6. The van der Waals surface area contributed by atoms with Gasteiger partial charge in [-0.3, -0.25) is 4.79 Å². The third-order valence-corrected chi connectivity index (χ3v) is 5.01. The Bertz CT molecular complexity index is 975. The Morgan fingerprint density at radius 2 is 2.08 bits per heavy atom. The number of carbonyl (C=O) groups is 1. The smallest absolute Gasteiger partial charge is 0.257 e. The Kier molecular flexibility index (Phi) is 4.42. The van der Waals surface area contributed by atoms with Gasteiger partial charge >= 0.3 is 0 Å². The van der Waals surface area contributed by atoms with Crippen LogP contribution in [-0.2, 0) is 19.5 Å². The van der Waals surface area contributed by atoms with E-state index in [1.54, 1.807) is 25.1 Å². The topological polar surface area (TPSA) is 85.8 Å². The number of carbonyl (C=O) groups excluding carboxylic acids is 1. The first-order valence-electron chi connectivity index (χ1n) is 8.16. The molecule has 4 rings (SSSR count). The molecule has 0 saturated carbocycles. The number of nitrogens with zero attached hydrogens (tertiary/aromatic N) is 4. The van der Waals surface area contributed by atoms with E-state index in [0.717, 1.165) is 31.0 Å². The second kappa shape index (κ2) is 6.74. The van der Waals surface area contributed by atoms with Crippen LogP contribution in [0.1, 0.15) is 34.2 Å². The van der Waals surface area contributed by atoms with E-state index < -0.39 is 0 Å². The molecule has 1 aliphatic rings.